The summed E-state index contributed by atoms with van der Waals surface area (Å²) in [6, 6.07) is 11.6. The first-order valence-corrected chi connectivity index (χ1v) is 11.2. The molecule has 1 atom stereocenters. The van der Waals surface area contributed by atoms with Crippen molar-refractivity contribution in [3.05, 3.63) is 57.5 Å². The third kappa shape index (κ3) is 5.70. The molecule has 0 spiro atoms. The Morgan fingerprint density at radius 1 is 1.25 bits per heavy atom. The lowest BCUT2D eigenvalue weighted by Gasteiger charge is -2.21. The van der Waals surface area contributed by atoms with Crippen molar-refractivity contribution >= 4 is 43.5 Å². The van der Waals surface area contributed by atoms with Gasteiger partial charge in [-0.3, -0.25) is 4.79 Å². The molecule has 1 amide bonds. The van der Waals surface area contributed by atoms with Gasteiger partial charge in [0, 0.05) is 16.5 Å². The number of nitrogens with zero attached hydrogens (tertiary/aromatic N) is 1. The fourth-order valence-corrected chi connectivity index (χ4v) is 4.32. The Labute approximate surface area is 179 Å². The van der Waals surface area contributed by atoms with E-state index >= 15 is 0 Å². The molecule has 1 N–H and O–H groups in total. The van der Waals surface area contributed by atoms with Crippen molar-refractivity contribution in [1.82, 2.24) is 9.62 Å². The van der Waals surface area contributed by atoms with Crippen LogP contribution < -0.4 is 10.1 Å². The summed E-state index contributed by atoms with van der Waals surface area (Å²) in [5, 5.41) is 3.07. The SMILES string of the molecule is CCOc1ccc(Cl)cc1S(=O)(=O)N(C)CC(=O)NC(C)c1ccc(Br)cc1. The number of ether oxygens (including phenoxy) is 1. The molecular weight excluding hydrogens is 468 g/mol. The highest BCUT2D eigenvalue weighted by Gasteiger charge is 2.27. The van der Waals surface area contributed by atoms with Gasteiger partial charge in [-0.15, -0.1) is 0 Å². The average molecular weight is 490 g/mol. The molecule has 2 aromatic rings. The largest absolute Gasteiger partial charge is 0.492 e. The first-order valence-electron chi connectivity index (χ1n) is 8.58. The van der Waals surface area contributed by atoms with Crippen LogP contribution in [0.5, 0.6) is 5.75 Å². The van der Waals surface area contributed by atoms with E-state index < -0.39 is 15.9 Å². The van der Waals surface area contributed by atoms with Crippen LogP contribution in [0.1, 0.15) is 25.5 Å². The van der Waals surface area contributed by atoms with E-state index in [9.17, 15) is 13.2 Å². The summed E-state index contributed by atoms with van der Waals surface area (Å²) < 4.78 is 33.1. The quantitative estimate of drug-likeness (QED) is 0.608. The first-order chi connectivity index (χ1) is 13.1. The number of halogens is 2. The highest BCUT2D eigenvalue weighted by Crippen LogP contribution is 2.29. The smallest absolute Gasteiger partial charge is 0.247 e. The molecule has 0 saturated heterocycles. The van der Waals surface area contributed by atoms with Gasteiger partial charge in [0.2, 0.25) is 15.9 Å². The molecule has 0 aromatic heterocycles. The number of carbonyl (C=O) groups excluding carboxylic acids is 1. The topological polar surface area (TPSA) is 75.7 Å². The second-order valence-electron chi connectivity index (χ2n) is 6.13. The van der Waals surface area contributed by atoms with Crippen molar-refractivity contribution in [2.45, 2.75) is 24.8 Å². The van der Waals surface area contributed by atoms with Gasteiger partial charge in [-0.1, -0.05) is 39.7 Å². The first kappa shape index (κ1) is 22.7. The minimum Gasteiger partial charge on any atom is -0.492 e. The highest BCUT2D eigenvalue weighted by atomic mass is 79.9. The van der Waals surface area contributed by atoms with Gasteiger partial charge in [-0.25, -0.2) is 8.42 Å². The van der Waals surface area contributed by atoms with Gasteiger partial charge in [0.1, 0.15) is 10.6 Å². The Balaban J connectivity index is 2.12. The lowest BCUT2D eigenvalue weighted by Crippen LogP contribution is -2.39. The lowest BCUT2D eigenvalue weighted by atomic mass is 10.1. The zero-order valence-corrected chi connectivity index (χ0v) is 18.9. The second kappa shape index (κ2) is 9.73. The summed E-state index contributed by atoms with van der Waals surface area (Å²) in [6.07, 6.45) is 0. The van der Waals surface area contributed by atoms with Gasteiger partial charge < -0.3 is 10.1 Å². The van der Waals surface area contributed by atoms with E-state index in [0.717, 1.165) is 14.3 Å². The maximum absolute atomic E-state index is 12.9. The molecule has 0 saturated carbocycles. The third-order valence-electron chi connectivity index (χ3n) is 4.01. The highest BCUT2D eigenvalue weighted by molar-refractivity contribution is 9.10. The van der Waals surface area contributed by atoms with E-state index in [1.165, 1.54) is 19.2 Å². The molecule has 6 nitrogen and oxygen atoms in total. The molecule has 0 aliphatic rings. The number of hydrogen-bond donors (Lipinski definition) is 1. The molecule has 1 unspecified atom stereocenters. The van der Waals surface area contributed by atoms with Crippen LogP contribution in [0, 0.1) is 0 Å². The zero-order chi connectivity index (χ0) is 20.9. The molecular formula is C19H22BrClN2O4S. The summed E-state index contributed by atoms with van der Waals surface area (Å²) in [6.45, 7) is 3.56. The molecule has 0 bridgehead atoms. The van der Waals surface area contributed by atoms with E-state index in [1.54, 1.807) is 13.0 Å². The monoisotopic (exact) mass is 488 g/mol. The van der Waals surface area contributed by atoms with Crippen molar-refractivity contribution < 1.29 is 17.9 Å². The number of carbonyl (C=O) groups is 1. The van der Waals surface area contributed by atoms with Crippen molar-refractivity contribution in [2.24, 2.45) is 0 Å². The van der Waals surface area contributed by atoms with Crippen LogP contribution >= 0.6 is 27.5 Å². The minimum absolute atomic E-state index is 0.0712. The maximum atomic E-state index is 12.9. The van der Waals surface area contributed by atoms with Gasteiger partial charge in [-0.05, 0) is 49.7 Å². The van der Waals surface area contributed by atoms with Gasteiger partial charge in [0.25, 0.3) is 0 Å². The van der Waals surface area contributed by atoms with E-state index in [-0.39, 0.29) is 28.3 Å². The fourth-order valence-electron chi connectivity index (χ4n) is 2.54. The molecule has 2 aromatic carbocycles. The number of sulfonamides is 1. The van der Waals surface area contributed by atoms with Crippen LogP contribution in [0.15, 0.2) is 51.8 Å². The summed E-state index contributed by atoms with van der Waals surface area (Å²) >= 11 is 9.32. The molecule has 2 rings (SSSR count). The Kier molecular flexibility index (Phi) is 7.88. The van der Waals surface area contributed by atoms with Crippen LogP contribution in [0.3, 0.4) is 0 Å². The maximum Gasteiger partial charge on any atom is 0.247 e. The van der Waals surface area contributed by atoms with Crippen molar-refractivity contribution in [1.29, 1.82) is 0 Å². The molecule has 9 heteroatoms. The molecule has 0 heterocycles. The summed E-state index contributed by atoms with van der Waals surface area (Å²) in [7, 11) is -2.62. The average Bonchev–Trinajstić information content (AvgIpc) is 2.63. The second-order valence-corrected chi connectivity index (χ2v) is 9.49. The fraction of sp³-hybridized carbons (Fsp3) is 0.316. The Bertz CT molecular complexity index is 935. The van der Waals surface area contributed by atoms with Gasteiger partial charge >= 0.3 is 0 Å². The molecule has 152 valence electrons. The van der Waals surface area contributed by atoms with Crippen LogP contribution in [0.25, 0.3) is 0 Å². The van der Waals surface area contributed by atoms with E-state index in [0.29, 0.717) is 6.61 Å². The predicted octanol–water partition coefficient (Wildman–Crippen LogP) is 4.00. The zero-order valence-electron chi connectivity index (χ0n) is 15.8. The summed E-state index contributed by atoms with van der Waals surface area (Å²) in [4.78, 5) is 12.3. The Morgan fingerprint density at radius 2 is 1.89 bits per heavy atom. The molecule has 0 fully saturated rings. The number of nitrogens with one attached hydrogen (secondary N) is 1. The Hall–Kier alpha value is -1.61. The third-order valence-corrected chi connectivity index (χ3v) is 6.60. The predicted molar refractivity (Wildman–Crippen MR) is 113 cm³/mol. The minimum atomic E-state index is -3.96. The van der Waals surface area contributed by atoms with Crippen LogP contribution in [-0.4, -0.2) is 38.8 Å². The van der Waals surface area contributed by atoms with Gasteiger partial charge in [0.15, 0.2) is 0 Å². The van der Waals surface area contributed by atoms with E-state index in [4.69, 9.17) is 16.3 Å². The van der Waals surface area contributed by atoms with Crippen molar-refractivity contribution in [2.75, 3.05) is 20.2 Å². The number of amides is 1. The van der Waals surface area contributed by atoms with Crippen LogP contribution in [0.4, 0.5) is 0 Å². The number of hydrogen-bond acceptors (Lipinski definition) is 4. The molecule has 0 aliphatic carbocycles. The summed E-state index contributed by atoms with van der Waals surface area (Å²) in [5.74, 6) is -0.219. The van der Waals surface area contributed by atoms with Crippen molar-refractivity contribution in [3.8, 4) is 5.75 Å². The van der Waals surface area contributed by atoms with Gasteiger partial charge in [-0.2, -0.15) is 4.31 Å². The number of likely N-dealkylation sites (N-methyl/N-ethyl adjacent to an activating group) is 1. The summed E-state index contributed by atoms with van der Waals surface area (Å²) in [5.41, 5.74) is 0.913. The van der Waals surface area contributed by atoms with Crippen molar-refractivity contribution in [3.63, 3.8) is 0 Å². The van der Waals surface area contributed by atoms with E-state index in [2.05, 4.69) is 21.2 Å². The lowest BCUT2D eigenvalue weighted by molar-refractivity contribution is -0.121. The normalized spacial score (nSPS) is 12.6. The molecule has 0 radical (unpaired) electrons. The standard InChI is InChI=1S/C19H22BrClN2O4S/c1-4-27-17-10-9-16(21)11-18(17)28(25,26)23(3)12-19(24)22-13(2)14-5-7-15(20)8-6-14/h5-11,13H,4,12H2,1-3H3,(H,22,24). The van der Waals surface area contributed by atoms with Gasteiger partial charge in [0.05, 0.1) is 19.2 Å². The Morgan fingerprint density at radius 3 is 2.50 bits per heavy atom. The molecule has 0 aliphatic heterocycles. The number of rotatable bonds is 8. The van der Waals surface area contributed by atoms with Crippen LogP contribution in [-0.2, 0) is 14.8 Å². The van der Waals surface area contributed by atoms with E-state index in [1.807, 2.05) is 31.2 Å². The molecule has 28 heavy (non-hydrogen) atoms. The number of benzene rings is 2. The van der Waals surface area contributed by atoms with Crippen LogP contribution in [0.2, 0.25) is 5.02 Å².